The van der Waals surface area contributed by atoms with Crippen molar-refractivity contribution in [3.05, 3.63) is 20.2 Å². The Bertz CT molecular complexity index is 129. The molecule has 0 aromatic carbocycles. The van der Waals surface area contributed by atoms with Gasteiger partial charge in [-0.05, 0) is 0 Å². The van der Waals surface area contributed by atoms with Crippen molar-refractivity contribution in [1.82, 2.24) is 0 Å². The molecule has 12 heavy (non-hydrogen) atoms. The van der Waals surface area contributed by atoms with Crippen LogP contribution in [0.2, 0.25) is 6.32 Å². The molecular formula is C2H5BN2O6Y. The number of rotatable bonds is 3. The molecule has 0 aromatic rings. The molecule has 0 aliphatic heterocycles. The van der Waals surface area contributed by atoms with E-state index in [2.05, 4.69) is 4.84 Å². The van der Waals surface area contributed by atoms with Crippen molar-refractivity contribution in [3.8, 4) is 0 Å². The van der Waals surface area contributed by atoms with Crippen molar-refractivity contribution in [2.24, 2.45) is 0 Å². The van der Waals surface area contributed by atoms with Gasteiger partial charge in [-0.3, -0.25) is 0 Å². The summed E-state index contributed by atoms with van der Waals surface area (Å²) in [6, 6.07) is 0. The molecule has 0 rings (SSSR count). The molecule has 0 unspecified atom stereocenters. The van der Waals surface area contributed by atoms with E-state index >= 15 is 0 Å². The molecule has 0 atom stereocenters. The molecule has 65 valence electrons. The van der Waals surface area contributed by atoms with Crippen molar-refractivity contribution in [1.29, 1.82) is 0 Å². The SMILES string of the molecule is O=[N+]([O-])O.[B]CCO[N+](=O)[O-].[Y]. The Labute approximate surface area is 93.8 Å². The first-order chi connectivity index (χ1) is 5.00. The molecule has 0 spiro atoms. The van der Waals surface area contributed by atoms with Crippen LogP contribution in [0.25, 0.3) is 0 Å². The summed E-state index contributed by atoms with van der Waals surface area (Å²) in [7, 11) is 4.85. The van der Waals surface area contributed by atoms with Crippen LogP contribution < -0.4 is 0 Å². The third-order valence-corrected chi connectivity index (χ3v) is 0.315. The van der Waals surface area contributed by atoms with E-state index in [-0.39, 0.29) is 45.6 Å². The first-order valence-electron chi connectivity index (χ1n) is 2.31. The largest absolute Gasteiger partial charge is 0.328 e. The van der Waals surface area contributed by atoms with E-state index in [1.165, 1.54) is 0 Å². The fourth-order valence-corrected chi connectivity index (χ4v) is 0.127. The van der Waals surface area contributed by atoms with Gasteiger partial charge in [-0.25, -0.2) is 0 Å². The van der Waals surface area contributed by atoms with Crippen LogP contribution >= 0.6 is 0 Å². The summed E-state index contributed by atoms with van der Waals surface area (Å²) in [6.07, 6.45) is 0.182. The zero-order valence-electron chi connectivity index (χ0n) is 5.95. The molecule has 3 radical (unpaired) electrons. The van der Waals surface area contributed by atoms with Gasteiger partial charge in [0.1, 0.15) is 0 Å². The van der Waals surface area contributed by atoms with Crippen LogP contribution in [0, 0.1) is 20.2 Å². The first-order valence-corrected chi connectivity index (χ1v) is 2.31. The zero-order chi connectivity index (χ0) is 9.28. The van der Waals surface area contributed by atoms with Gasteiger partial charge in [0.15, 0.2) is 0 Å². The molecule has 0 aromatic heterocycles. The van der Waals surface area contributed by atoms with Crippen LogP contribution in [-0.2, 0) is 37.5 Å². The van der Waals surface area contributed by atoms with Crippen molar-refractivity contribution >= 4 is 7.85 Å². The van der Waals surface area contributed by atoms with Crippen LogP contribution in [0.3, 0.4) is 0 Å². The second-order valence-electron chi connectivity index (χ2n) is 1.08. The van der Waals surface area contributed by atoms with E-state index in [9.17, 15) is 10.1 Å². The third-order valence-electron chi connectivity index (χ3n) is 0.315. The maximum Gasteiger partial charge on any atom is 0.294 e. The standard InChI is InChI=1S/C2H4BNO3.HNO3.Y/c3-1-2-7-4(5)6;2-1(3)4;/h1-2H2;(H,2,3,4);. The van der Waals surface area contributed by atoms with Crippen molar-refractivity contribution in [2.45, 2.75) is 6.32 Å². The van der Waals surface area contributed by atoms with Crippen molar-refractivity contribution < 1.29 is 52.9 Å². The van der Waals surface area contributed by atoms with Crippen molar-refractivity contribution in [3.63, 3.8) is 0 Å². The predicted molar refractivity (Wildman–Crippen MR) is 32.3 cm³/mol. The molecular weight excluding hydrogens is 248 g/mol. The minimum atomic E-state index is -1.50. The average molecular weight is 253 g/mol. The Morgan fingerprint density at radius 1 is 1.42 bits per heavy atom. The summed E-state index contributed by atoms with van der Waals surface area (Å²) >= 11 is 0. The molecule has 8 nitrogen and oxygen atoms in total. The van der Waals surface area contributed by atoms with E-state index < -0.39 is 10.2 Å². The van der Waals surface area contributed by atoms with Gasteiger partial charge in [0.2, 0.25) is 0 Å². The van der Waals surface area contributed by atoms with Gasteiger partial charge < -0.3 is 10.0 Å². The summed E-state index contributed by atoms with van der Waals surface area (Å²) < 4.78 is 0. The van der Waals surface area contributed by atoms with Crippen molar-refractivity contribution in [2.75, 3.05) is 6.61 Å². The zero-order valence-corrected chi connectivity index (χ0v) is 8.79. The smallest absolute Gasteiger partial charge is 0.294 e. The molecule has 10 heteroatoms. The Morgan fingerprint density at radius 2 is 1.75 bits per heavy atom. The molecule has 0 saturated carbocycles. The maximum atomic E-state index is 9.29. The van der Waals surface area contributed by atoms with Crippen LogP contribution in [0.4, 0.5) is 0 Å². The predicted octanol–water partition coefficient (Wildman–Crippen LogP) is -0.569. The Hall–Kier alpha value is -0.431. The average Bonchev–Trinajstić information content (AvgIpc) is 1.82. The quantitative estimate of drug-likeness (QED) is 0.409. The fourth-order valence-electron chi connectivity index (χ4n) is 0.127. The van der Waals surface area contributed by atoms with E-state index in [1.54, 1.807) is 0 Å². The van der Waals surface area contributed by atoms with Gasteiger partial charge in [-0.2, -0.15) is 0 Å². The molecule has 0 aliphatic carbocycles. The van der Waals surface area contributed by atoms with Gasteiger partial charge in [0.25, 0.3) is 10.2 Å². The van der Waals surface area contributed by atoms with E-state index in [0.29, 0.717) is 0 Å². The molecule has 0 heterocycles. The Kier molecular flexibility index (Phi) is 19.3. The maximum absolute atomic E-state index is 9.29. The summed E-state index contributed by atoms with van der Waals surface area (Å²) in [5.41, 5.74) is 0. The molecule has 1 N–H and O–H groups in total. The van der Waals surface area contributed by atoms with Crippen LogP contribution in [-0.4, -0.2) is 29.8 Å². The molecule has 0 aliphatic rings. The molecule has 0 bridgehead atoms. The van der Waals surface area contributed by atoms with Gasteiger partial charge in [0, 0.05) is 32.7 Å². The van der Waals surface area contributed by atoms with Gasteiger partial charge in [-0.15, -0.1) is 20.2 Å². The molecule has 0 amide bonds. The minimum absolute atomic E-state index is 0. The topological polar surface area (TPSA) is 116 Å². The number of hydrogen-bond donors (Lipinski definition) is 1. The third kappa shape index (κ3) is 55.2. The van der Waals surface area contributed by atoms with E-state index in [4.69, 9.17) is 23.2 Å². The Morgan fingerprint density at radius 3 is 1.83 bits per heavy atom. The molecule has 0 fully saturated rings. The summed E-state index contributed by atoms with van der Waals surface area (Å²) in [6.45, 7) is -0.0208. The van der Waals surface area contributed by atoms with Gasteiger partial charge in [0.05, 0.1) is 14.5 Å². The van der Waals surface area contributed by atoms with E-state index in [1.807, 2.05) is 0 Å². The summed E-state index contributed by atoms with van der Waals surface area (Å²) in [5.74, 6) is 0. The van der Waals surface area contributed by atoms with E-state index in [0.717, 1.165) is 0 Å². The van der Waals surface area contributed by atoms with Crippen LogP contribution in [0.1, 0.15) is 0 Å². The number of hydrogen-bond acceptors (Lipinski definition) is 5. The second-order valence-corrected chi connectivity index (χ2v) is 1.08. The van der Waals surface area contributed by atoms with Crippen LogP contribution in [0.15, 0.2) is 0 Å². The monoisotopic (exact) mass is 253 g/mol. The first kappa shape index (κ1) is 17.6. The van der Waals surface area contributed by atoms with Gasteiger partial charge >= 0.3 is 0 Å². The normalized spacial score (nSPS) is 6.67. The summed E-state index contributed by atoms with van der Waals surface area (Å²) in [4.78, 5) is 21.4. The summed E-state index contributed by atoms with van der Waals surface area (Å²) in [5, 5.41) is 22.1. The van der Waals surface area contributed by atoms with Gasteiger partial charge in [-0.1, -0.05) is 6.32 Å². The Balaban J connectivity index is -0.000000142. The minimum Gasteiger partial charge on any atom is -0.328 e. The number of nitrogens with zero attached hydrogens (tertiary/aromatic N) is 2. The molecule has 0 saturated heterocycles. The fraction of sp³-hybridized carbons (Fsp3) is 1.00. The second kappa shape index (κ2) is 13.2. The van der Waals surface area contributed by atoms with Crippen LogP contribution in [0.5, 0.6) is 0 Å².